The SMILES string of the molecule is CCC1(Br)CCNC1=O. The summed E-state index contributed by atoms with van der Waals surface area (Å²) in [4.78, 5) is 11.0. The molecule has 3 heteroatoms. The molecule has 1 unspecified atom stereocenters. The summed E-state index contributed by atoms with van der Waals surface area (Å²) in [6.07, 6.45) is 1.79. The van der Waals surface area contributed by atoms with Gasteiger partial charge in [-0.2, -0.15) is 0 Å². The lowest BCUT2D eigenvalue weighted by Crippen LogP contribution is -2.30. The minimum atomic E-state index is -0.243. The van der Waals surface area contributed by atoms with Gasteiger partial charge in [0.05, 0.1) is 0 Å². The van der Waals surface area contributed by atoms with Crippen molar-refractivity contribution in [3.8, 4) is 0 Å². The summed E-state index contributed by atoms with van der Waals surface area (Å²) in [6, 6.07) is 0. The summed E-state index contributed by atoms with van der Waals surface area (Å²) in [7, 11) is 0. The number of hydrogen-bond acceptors (Lipinski definition) is 1. The predicted octanol–water partition coefficient (Wildman–Crippen LogP) is 1.05. The smallest absolute Gasteiger partial charge is 0.236 e. The molecule has 9 heavy (non-hydrogen) atoms. The van der Waals surface area contributed by atoms with E-state index in [0.29, 0.717) is 0 Å². The molecule has 0 aromatic heterocycles. The first-order valence-corrected chi connectivity index (χ1v) is 3.95. The summed E-state index contributed by atoms with van der Waals surface area (Å²) in [5.41, 5.74) is 0. The van der Waals surface area contributed by atoms with E-state index < -0.39 is 0 Å². The predicted molar refractivity (Wildman–Crippen MR) is 39.6 cm³/mol. The molecule has 1 aliphatic rings. The van der Waals surface area contributed by atoms with Crippen LogP contribution < -0.4 is 5.32 Å². The number of alkyl halides is 1. The van der Waals surface area contributed by atoms with E-state index in [1.807, 2.05) is 6.92 Å². The number of nitrogens with one attached hydrogen (secondary N) is 1. The van der Waals surface area contributed by atoms with Crippen molar-refractivity contribution in [2.24, 2.45) is 0 Å². The standard InChI is InChI=1S/C6H10BrNO/c1-2-6(7)3-4-8-5(6)9/h2-4H2,1H3,(H,8,9). The van der Waals surface area contributed by atoms with Crippen molar-refractivity contribution in [1.29, 1.82) is 0 Å². The van der Waals surface area contributed by atoms with Gasteiger partial charge >= 0.3 is 0 Å². The lowest BCUT2D eigenvalue weighted by Gasteiger charge is -2.13. The van der Waals surface area contributed by atoms with Crippen LogP contribution in [0, 0.1) is 0 Å². The normalized spacial score (nSPS) is 34.7. The van der Waals surface area contributed by atoms with Crippen LogP contribution in [-0.2, 0) is 4.79 Å². The molecule has 0 radical (unpaired) electrons. The third-order valence-electron chi connectivity index (χ3n) is 1.77. The van der Waals surface area contributed by atoms with E-state index in [4.69, 9.17) is 0 Å². The Morgan fingerprint density at radius 1 is 1.89 bits per heavy atom. The van der Waals surface area contributed by atoms with Crippen LogP contribution in [0.15, 0.2) is 0 Å². The average Bonchev–Trinajstić information content (AvgIpc) is 2.15. The maximum Gasteiger partial charge on any atom is 0.236 e. The molecule has 1 atom stereocenters. The number of amides is 1. The van der Waals surface area contributed by atoms with E-state index in [0.717, 1.165) is 19.4 Å². The Morgan fingerprint density at radius 3 is 2.78 bits per heavy atom. The summed E-state index contributed by atoms with van der Waals surface area (Å²) >= 11 is 3.40. The van der Waals surface area contributed by atoms with E-state index >= 15 is 0 Å². The zero-order valence-corrected chi connectivity index (χ0v) is 6.99. The van der Waals surface area contributed by atoms with Gasteiger partial charge < -0.3 is 5.32 Å². The van der Waals surface area contributed by atoms with E-state index in [1.54, 1.807) is 0 Å². The van der Waals surface area contributed by atoms with Gasteiger partial charge in [-0.25, -0.2) is 0 Å². The van der Waals surface area contributed by atoms with Crippen LogP contribution in [0.5, 0.6) is 0 Å². The molecular formula is C6H10BrNO. The van der Waals surface area contributed by atoms with Crippen LogP contribution in [0.1, 0.15) is 19.8 Å². The largest absolute Gasteiger partial charge is 0.355 e. The van der Waals surface area contributed by atoms with E-state index in [2.05, 4.69) is 21.2 Å². The summed E-state index contributed by atoms with van der Waals surface area (Å²) in [5.74, 6) is 0.144. The Balaban J connectivity index is 2.67. The lowest BCUT2D eigenvalue weighted by atomic mass is 10.1. The summed E-state index contributed by atoms with van der Waals surface area (Å²) < 4.78 is -0.243. The second kappa shape index (κ2) is 2.29. The zero-order valence-electron chi connectivity index (χ0n) is 5.41. The van der Waals surface area contributed by atoms with Crippen molar-refractivity contribution in [2.75, 3.05) is 6.54 Å². The van der Waals surface area contributed by atoms with Gasteiger partial charge in [0.15, 0.2) is 0 Å². The summed E-state index contributed by atoms with van der Waals surface area (Å²) in [5, 5.41) is 2.78. The molecule has 1 N–H and O–H groups in total. The molecule has 0 spiro atoms. The Kier molecular flexibility index (Phi) is 1.80. The van der Waals surface area contributed by atoms with Crippen LogP contribution in [0.4, 0.5) is 0 Å². The lowest BCUT2D eigenvalue weighted by molar-refractivity contribution is -0.121. The molecule has 52 valence electrons. The second-order valence-electron chi connectivity index (χ2n) is 2.32. The van der Waals surface area contributed by atoms with Crippen LogP contribution in [-0.4, -0.2) is 16.8 Å². The van der Waals surface area contributed by atoms with Gasteiger partial charge in [-0.15, -0.1) is 0 Å². The van der Waals surface area contributed by atoms with Crippen molar-refractivity contribution >= 4 is 21.8 Å². The van der Waals surface area contributed by atoms with Gasteiger partial charge in [0, 0.05) is 6.54 Å². The van der Waals surface area contributed by atoms with Crippen LogP contribution in [0.25, 0.3) is 0 Å². The van der Waals surface area contributed by atoms with Gasteiger partial charge in [0.1, 0.15) is 4.32 Å². The molecule has 2 nitrogen and oxygen atoms in total. The Bertz CT molecular complexity index is 137. The van der Waals surface area contributed by atoms with Gasteiger partial charge in [0.25, 0.3) is 0 Å². The third kappa shape index (κ3) is 1.11. The first kappa shape index (κ1) is 7.06. The fourth-order valence-corrected chi connectivity index (χ4v) is 1.32. The van der Waals surface area contributed by atoms with Crippen LogP contribution in [0.2, 0.25) is 0 Å². The van der Waals surface area contributed by atoms with Crippen molar-refractivity contribution < 1.29 is 4.79 Å². The molecule has 0 aromatic rings. The zero-order chi connectivity index (χ0) is 6.91. The Labute approximate surface area is 63.1 Å². The molecule has 0 saturated carbocycles. The minimum Gasteiger partial charge on any atom is -0.355 e. The molecule has 1 saturated heterocycles. The molecular weight excluding hydrogens is 182 g/mol. The van der Waals surface area contributed by atoms with Gasteiger partial charge in [0.2, 0.25) is 5.91 Å². The van der Waals surface area contributed by atoms with Gasteiger partial charge in [-0.05, 0) is 12.8 Å². The minimum absolute atomic E-state index is 0.144. The Hall–Kier alpha value is -0.0500. The fourth-order valence-electron chi connectivity index (χ4n) is 0.983. The maximum absolute atomic E-state index is 11.0. The van der Waals surface area contributed by atoms with Crippen LogP contribution >= 0.6 is 15.9 Å². The Morgan fingerprint density at radius 2 is 2.56 bits per heavy atom. The number of hydrogen-bond donors (Lipinski definition) is 1. The third-order valence-corrected chi connectivity index (χ3v) is 3.09. The number of halogens is 1. The molecule has 1 amide bonds. The number of rotatable bonds is 1. The molecule has 1 heterocycles. The first-order chi connectivity index (χ1) is 4.19. The molecule has 1 rings (SSSR count). The molecule has 1 aliphatic heterocycles. The number of carbonyl (C=O) groups excluding carboxylic acids is 1. The van der Waals surface area contributed by atoms with Crippen molar-refractivity contribution in [3.05, 3.63) is 0 Å². The molecule has 0 bridgehead atoms. The highest BCUT2D eigenvalue weighted by Crippen LogP contribution is 2.29. The summed E-state index contributed by atoms with van der Waals surface area (Å²) in [6.45, 7) is 2.83. The van der Waals surface area contributed by atoms with E-state index in [9.17, 15) is 4.79 Å². The van der Waals surface area contributed by atoms with Crippen molar-refractivity contribution in [3.63, 3.8) is 0 Å². The highest BCUT2D eigenvalue weighted by atomic mass is 79.9. The van der Waals surface area contributed by atoms with Crippen LogP contribution in [0.3, 0.4) is 0 Å². The number of carbonyl (C=O) groups is 1. The van der Waals surface area contributed by atoms with Gasteiger partial charge in [-0.3, -0.25) is 4.79 Å². The molecule has 0 aromatic carbocycles. The van der Waals surface area contributed by atoms with E-state index in [-0.39, 0.29) is 10.2 Å². The quantitative estimate of drug-likeness (QED) is 0.618. The van der Waals surface area contributed by atoms with Crippen molar-refractivity contribution in [2.45, 2.75) is 24.1 Å². The van der Waals surface area contributed by atoms with Gasteiger partial charge in [-0.1, -0.05) is 22.9 Å². The average molecular weight is 192 g/mol. The topological polar surface area (TPSA) is 29.1 Å². The second-order valence-corrected chi connectivity index (χ2v) is 3.84. The first-order valence-electron chi connectivity index (χ1n) is 3.16. The van der Waals surface area contributed by atoms with Crippen molar-refractivity contribution in [1.82, 2.24) is 5.32 Å². The maximum atomic E-state index is 11.0. The van der Waals surface area contributed by atoms with E-state index in [1.165, 1.54) is 0 Å². The molecule has 1 fully saturated rings. The molecule has 0 aliphatic carbocycles. The highest BCUT2D eigenvalue weighted by molar-refractivity contribution is 9.10. The monoisotopic (exact) mass is 191 g/mol. The fraction of sp³-hybridized carbons (Fsp3) is 0.833. The highest BCUT2D eigenvalue weighted by Gasteiger charge is 2.37.